The molecule has 2 aromatic heterocycles. The van der Waals surface area contributed by atoms with E-state index in [0.717, 1.165) is 16.5 Å². The van der Waals surface area contributed by atoms with E-state index in [9.17, 15) is 4.79 Å². The van der Waals surface area contributed by atoms with Gasteiger partial charge in [-0.3, -0.25) is 15.6 Å². The fourth-order valence-electron chi connectivity index (χ4n) is 3.18. The van der Waals surface area contributed by atoms with Crippen LogP contribution in [0.15, 0.2) is 66.9 Å². The van der Waals surface area contributed by atoms with Gasteiger partial charge in [0.05, 0.1) is 0 Å². The number of aromatic nitrogens is 2. The highest BCUT2D eigenvalue weighted by Crippen LogP contribution is 2.33. The van der Waals surface area contributed by atoms with Gasteiger partial charge in [-0.25, -0.2) is 9.97 Å². The minimum Gasteiger partial charge on any atom is -0.454 e. The van der Waals surface area contributed by atoms with E-state index < -0.39 is 0 Å². The molecule has 0 spiro atoms. The third-order valence-corrected chi connectivity index (χ3v) is 4.93. The summed E-state index contributed by atoms with van der Waals surface area (Å²) in [7, 11) is 0. The molecule has 2 N–H and O–H groups in total. The van der Waals surface area contributed by atoms with Gasteiger partial charge in [-0.2, -0.15) is 0 Å². The lowest BCUT2D eigenvalue weighted by Gasteiger charge is -2.14. The lowest BCUT2D eigenvalue weighted by Crippen LogP contribution is -2.30. The summed E-state index contributed by atoms with van der Waals surface area (Å²) in [4.78, 5) is 21.5. The van der Waals surface area contributed by atoms with Crippen molar-refractivity contribution in [2.45, 2.75) is 0 Å². The Bertz CT molecular complexity index is 1260. The molecule has 0 atom stereocenters. The molecule has 0 fully saturated rings. The summed E-state index contributed by atoms with van der Waals surface area (Å²) in [6.45, 7) is 0.150. The minimum atomic E-state index is -0.335. The Balaban J connectivity index is 1.46. The van der Waals surface area contributed by atoms with Gasteiger partial charge < -0.3 is 9.47 Å². The zero-order valence-electron chi connectivity index (χ0n) is 15.6. The van der Waals surface area contributed by atoms with E-state index in [-0.39, 0.29) is 12.7 Å². The molecule has 1 amide bonds. The minimum absolute atomic E-state index is 0.150. The molecular weight excluding hydrogens is 404 g/mol. The van der Waals surface area contributed by atoms with Gasteiger partial charge in [-0.15, -0.1) is 0 Å². The van der Waals surface area contributed by atoms with Crippen LogP contribution in [-0.2, 0) is 0 Å². The van der Waals surface area contributed by atoms with Gasteiger partial charge in [0.25, 0.3) is 5.91 Å². The molecule has 4 aromatic rings. The Morgan fingerprint density at radius 3 is 2.70 bits per heavy atom. The molecule has 0 radical (unpaired) electrons. The van der Waals surface area contributed by atoms with Gasteiger partial charge in [-0.1, -0.05) is 23.7 Å². The molecule has 8 heteroatoms. The third-order valence-electron chi connectivity index (χ3n) is 4.67. The molecule has 0 aliphatic carbocycles. The van der Waals surface area contributed by atoms with Gasteiger partial charge in [0.1, 0.15) is 0 Å². The van der Waals surface area contributed by atoms with Crippen molar-refractivity contribution in [1.82, 2.24) is 15.4 Å². The van der Waals surface area contributed by atoms with Gasteiger partial charge in [0.15, 0.2) is 23.0 Å². The van der Waals surface area contributed by atoms with Crippen LogP contribution in [0.25, 0.3) is 22.2 Å². The molecule has 2 aromatic carbocycles. The van der Waals surface area contributed by atoms with Gasteiger partial charge in [-0.05, 0) is 54.1 Å². The summed E-state index contributed by atoms with van der Waals surface area (Å²) < 4.78 is 10.6. The highest BCUT2D eigenvalue weighted by molar-refractivity contribution is 6.30. The number of carbonyl (C=O) groups excluding carboxylic acids is 1. The maximum absolute atomic E-state index is 12.6. The number of hydrogen-bond acceptors (Lipinski definition) is 6. The predicted octanol–water partition coefficient (Wildman–Crippen LogP) is 4.44. The standard InChI is InChI=1S/C22H15ClN4O3/c23-16-6-3-13(4-7-16)17-10-14-2-1-9-24-20(14)25-21(17)26-27-22(28)15-5-8-18-19(11-15)30-12-29-18/h1-11H,12H2,(H,27,28)(H,24,25,26). The molecule has 0 saturated carbocycles. The van der Waals surface area contributed by atoms with Crippen molar-refractivity contribution < 1.29 is 14.3 Å². The van der Waals surface area contributed by atoms with Crippen molar-refractivity contribution in [2.75, 3.05) is 12.2 Å². The molecule has 1 aliphatic rings. The lowest BCUT2D eigenvalue weighted by atomic mass is 10.1. The van der Waals surface area contributed by atoms with Crippen LogP contribution < -0.4 is 20.3 Å². The summed E-state index contributed by atoms with van der Waals surface area (Å²) in [6, 6.07) is 18.2. The third kappa shape index (κ3) is 3.46. The molecule has 0 unspecified atom stereocenters. The fourth-order valence-corrected chi connectivity index (χ4v) is 3.30. The predicted molar refractivity (Wildman–Crippen MR) is 114 cm³/mol. The number of hydrazine groups is 1. The van der Waals surface area contributed by atoms with E-state index in [2.05, 4.69) is 20.8 Å². The molecular formula is C22H15ClN4O3. The van der Waals surface area contributed by atoms with Crippen molar-refractivity contribution in [3.05, 3.63) is 77.4 Å². The Hall–Kier alpha value is -3.84. The van der Waals surface area contributed by atoms with Crippen LogP contribution >= 0.6 is 11.6 Å². The number of benzene rings is 2. The Labute approximate surface area is 176 Å². The van der Waals surface area contributed by atoms with Crippen LogP contribution in [0.2, 0.25) is 5.02 Å². The van der Waals surface area contributed by atoms with Gasteiger partial charge in [0.2, 0.25) is 6.79 Å². The number of nitrogens with one attached hydrogen (secondary N) is 2. The number of halogens is 1. The molecule has 148 valence electrons. The Morgan fingerprint density at radius 2 is 1.83 bits per heavy atom. The van der Waals surface area contributed by atoms with Crippen molar-refractivity contribution in [3.63, 3.8) is 0 Å². The lowest BCUT2D eigenvalue weighted by molar-refractivity contribution is 0.0962. The van der Waals surface area contributed by atoms with Crippen molar-refractivity contribution in [3.8, 4) is 22.6 Å². The Kier molecular flexibility index (Phi) is 4.57. The van der Waals surface area contributed by atoms with Crippen LogP contribution in [-0.4, -0.2) is 22.7 Å². The van der Waals surface area contributed by atoms with E-state index in [1.165, 1.54) is 0 Å². The highest BCUT2D eigenvalue weighted by Gasteiger charge is 2.17. The first-order valence-corrected chi connectivity index (χ1v) is 9.53. The second-order valence-corrected chi connectivity index (χ2v) is 7.03. The molecule has 3 heterocycles. The first kappa shape index (κ1) is 18.2. The van der Waals surface area contributed by atoms with Crippen LogP contribution in [0.5, 0.6) is 11.5 Å². The molecule has 1 aliphatic heterocycles. The first-order chi connectivity index (χ1) is 14.7. The summed E-state index contributed by atoms with van der Waals surface area (Å²) in [5, 5.41) is 1.52. The quantitative estimate of drug-likeness (QED) is 0.477. The molecule has 30 heavy (non-hydrogen) atoms. The number of hydrogen-bond donors (Lipinski definition) is 2. The van der Waals surface area contributed by atoms with Crippen LogP contribution in [0, 0.1) is 0 Å². The average molecular weight is 419 g/mol. The topological polar surface area (TPSA) is 85.4 Å². The summed E-state index contributed by atoms with van der Waals surface area (Å²) >= 11 is 6.03. The average Bonchev–Trinajstić information content (AvgIpc) is 3.25. The van der Waals surface area contributed by atoms with Crippen molar-refractivity contribution >= 4 is 34.4 Å². The number of pyridine rings is 2. The summed E-state index contributed by atoms with van der Waals surface area (Å²) in [5.74, 6) is 1.29. The van der Waals surface area contributed by atoms with Crippen LogP contribution in [0.3, 0.4) is 0 Å². The maximum atomic E-state index is 12.6. The van der Waals surface area contributed by atoms with E-state index >= 15 is 0 Å². The van der Waals surface area contributed by atoms with E-state index in [0.29, 0.717) is 33.6 Å². The first-order valence-electron chi connectivity index (χ1n) is 9.15. The highest BCUT2D eigenvalue weighted by atomic mass is 35.5. The molecule has 7 nitrogen and oxygen atoms in total. The summed E-state index contributed by atoms with van der Waals surface area (Å²) in [5.41, 5.74) is 8.32. The number of amides is 1. The molecule has 5 rings (SSSR count). The number of anilines is 1. The number of nitrogens with zero attached hydrogens (tertiary/aromatic N) is 2. The SMILES string of the molecule is O=C(NNc1nc2ncccc2cc1-c1ccc(Cl)cc1)c1ccc2c(c1)OCO2. The normalized spacial score (nSPS) is 12.0. The number of ether oxygens (including phenoxy) is 2. The molecule has 0 saturated heterocycles. The largest absolute Gasteiger partial charge is 0.454 e. The van der Waals surface area contributed by atoms with Crippen molar-refractivity contribution in [1.29, 1.82) is 0 Å². The second-order valence-electron chi connectivity index (χ2n) is 6.59. The molecule has 0 bridgehead atoms. The second kappa shape index (κ2) is 7.53. The smallest absolute Gasteiger partial charge is 0.269 e. The van der Waals surface area contributed by atoms with Gasteiger partial charge in [0, 0.05) is 27.7 Å². The summed E-state index contributed by atoms with van der Waals surface area (Å²) in [6.07, 6.45) is 1.67. The van der Waals surface area contributed by atoms with E-state index in [4.69, 9.17) is 21.1 Å². The van der Waals surface area contributed by atoms with E-state index in [1.54, 1.807) is 36.5 Å². The van der Waals surface area contributed by atoms with Gasteiger partial charge >= 0.3 is 0 Å². The Morgan fingerprint density at radius 1 is 1.00 bits per heavy atom. The van der Waals surface area contributed by atoms with Crippen LogP contribution in [0.1, 0.15) is 10.4 Å². The monoisotopic (exact) mass is 418 g/mol. The van der Waals surface area contributed by atoms with Crippen molar-refractivity contribution in [2.24, 2.45) is 0 Å². The zero-order valence-corrected chi connectivity index (χ0v) is 16.3. The van der Waals surface area contributed by atoms with Crippen LogP contribution in [0.4, 0.5) is 5.82 Å². The fraction of sp³-hybridized carbons (Fsp3) is 0.0455. The maximum Gasteiger partial charge on any atom is 0.269 e. The number of fused-ring (bicyclic) bond motifs is 2. The number of carbonyl (C=O) groups is 1. The number of rotatable bonds is 4. The zero-order chi connectivity index (χ0) is 20.5. The van der Waals surface area contributed by atoms with E-state index in [1.807, 2.05) is 30.3 Å².